The lowest BCUT2D eigenvalue weighted by molar-refractivity contribution is 0.305. The highest BCUT2D eigenvalue weighted by atomic mass is 16.5. The monoisotopic (exact) mass is 609 g/mol. The second-order valence-corrected chi connectivity index (χ2v) is 11.7. The number of nitrogens with one attached hydrogen (secondary N) is 2. The molecule has 0 saturated carbocycles. The summed E-state index contributed by atoms with van der Waals surface area (Å²) in [5.74, 6) is 1.74. The molecular formula is C39H39N5O2. The van der Waals surface area contributed by atoms with Crippen LogP contribution >= 0.6 is 0 Å². The molecule has 0 aliphatic carbocycles. The number of ether oxygens (including phenoxy) is 2. The highest BCUT2D eigenvalue weighted by Crippen LogP contribution is 2.30. The fourth-order valence-electron chi connectivity index (χ4n) is 5.78. The van der Waals surface area contributed by atoms with Crippen LogP contribution < -0.4 is 20.1 Å². The van der Waals surface area contributed by atoms with Crippen LogP contribution in [0.3, 0.4) is 0 Å². The largest absolute Gasteiger partial charge is 0.494 e. The third-order valence-electron chi connectivity index (χ3n) is 8.33. The Labute approximate surface area is 270 Å². The molecule has 3 aliphatic rings. The molecular weight excluding hydrogens is 570 g/mol. The van der Waals surface area contributed by atoms with Gasteiger partial charge in [-0.25, -0.2) is 9.97 Å². The Balaban J connectivity index is 1.11. The molecule has 2 N–H and O–H groups in total. The molecule has 10 bridgehead atoms. The van der Waals surface area contributed by atoms with Crippen molar-refractivity contribution in [1.29, 1.82) is 0 Å². The van der Waals surface area contributed by atoms with E-state index in [1.165, 1.54) is 0 Å². The molecule has 7 nitrogen and oxygen atoms in total. The van der Waals surface area contributed by atoms with Crippen LogP contribution in [0.4, 0.5) is 0 Å². The lowest BCUT2D eigenvalue weighted by Gasteiger charge is -2.10. The molecule has 9 rings (SSSR count). The molecule has 232 valence electrons. The first kappa shape index (κ1) is 29.8. The first-order chi connectivity index (χ1) is 22.8. The number of fused-ring (bicyclic) bond motifs is 2. The van der Waals surface area contributed by atoms with Gasteiger partial charge in [-0.05, 0) is 112 Å². The summed E-state index contributed by atoms with van der Waals surface area (Å²) in [6.07, 6.45) is 4.04. The molecule has 7 heteroatoms. The number of rotatable bonds is 0. The van der Waals surface area contributed by atoms with Gasteiger partial charge >= 0.3 is 0 Å². The van der Waals surface area contributed by atoms with Gasteiger partial charge in [0.15, 0.2) is 0 Å². The van der Waals surface area contributed by atoms with Crippen LogP contribution in [0.2, 0.25) is 0 Å². The lowest BCUT2D eigenvalue weighted by Crippen LogP contribution is -2.19. The Bertz CT molecular complexity index is 1770. The average molecular weight is 610 g/mol. The summed E-state index contributed by atoms with van der Waals surface area (Å²) < 4.78 is 12.1. The van der Waals surface area contributed by atoms with Crippen molar-refractivity contribution in [2.24, 2.45) is 0 Å². The standard InChI is InChI=1S/C39H39N5O2/c1-3-24-45-34-16-10-28(11-17-34)36-20-14-30-8-9-31-15-21-37(44-39(31)38(30)43-36)29-12-18-35(19-13-29)46-25-4-2-23-41-27-33-7-5-6-32(42-33)26-40-22-1/h5-21,40-41H,1-4,22-27H2. The third kappa shape index (κ3) is 7.33. The van der Waals surface area contributed by atoms with E-state index in [4.69, 9.17) is 24.4 Å². The fourth-order valence-corrected chi connectivity index (χ4v) is 5.78. The van der Waals surface area contributed by atoms with Gasteiger partial charge in [0.2, 0.25) is 0 Å². The van der Waals surface area contributed by atoms with Gasteiger partial charge < -0.3 is 20.1 Å². The maximum atomic E-state index is 6.04. The molecule has 0 spiro atoms. The third-order valence-corrected chi connectivity index (χ3v) is 8.33. The van der Waals surface area contributed by atoms with Crippen LogP contribution in [-0.4, -0.2) is 41.3 Å². The maximum absolute atomic E-state index is 6.04. The van der Waals surface area contributed by atoms with Crippen molar-refractivity contribution < 1.29 is 9.47 Å². The minimum atomic E-state index is 0.684. The van der Waals surface area contributed by atoms with Crippen molar-refractivity contribution in [1.82, 2.24) is 25.6 Å². The van der Waals surface area contributed by atoms with Crippen LogP contribution in [0.15, 0.2) is 103 Å². The summed E-state index contributed by atoms with van der Waals surface area (Å²) in [6.45, 7) is 4.76. The van der Waals surface area contributed by atoms with Crippen molar-refractivity contribution in [3.05, 3.63) is 115 Å². The average Bonchev–Trinajstić information content (AvgIpc) is 3.11. The first-order valence-electron chi connectivity index (χ1n) is 16.3. The number of pyridine rings is 3. The summed E-state index contributed by atoms with van der Waals surface area (Å²) in [5.41, 5.74) is 7.86. The first-order valence-corrected chi connectivity index (χ1v) is 16.3. The van der Waals surface area contributed by atoms with E-state index >= 15 is 0 Å². The minimum Gasteiger partial charge on any atom is -0.494 e. The van der Waals surface area contributed by atoms with Crippen molar-refractivity contribution in [2.75, 3.05) is 26.3 Å². The zero-order valence-corrected chi connectivity index (χ0v) is 26.0. The van der Waals surface area contributed by atoms with Gasteiger partial charge in [0.1, 0.15) is 11.5 Å². The van der Waals surface area contributed by atoms with Gasteiger partial charge in [0, 0.05) is 35.0 Å². The van der Waals surface area contributed by atoms with Gasteiger partial charge in [-0.2, -0.15) is 0 Å². The zero-order chi connectivity index (χ0) is 31.0. The van der Waals surface area contributed by atoms with Crippen LogP contribution in [-0.2, 0) is 13.1 Å². The molecule has 6 aromatic rings. The molecule has 3 aliphatic heterocycles. The van der Waals surface area contributed by atoms with E-state index in [9.17, 15) is 0 Å². The van der Waals surface area contributed by atoms with Crippen LogP contribution in [0.5, 0.6) is 11.5 Å². The van der Waals surface area contributed by atoms with E-state index in [0.717, 1.165) is 119 Å². The number of aromatic nitrogens is 3. The maximum Gasteiger partial charge on any atom is 0.119 e. The smallest absolute Gasteiger partial charge is 0.119 e. The van der Waals surface area contributed by atoms with Crippen molar-refractivity contribution in [3.63, 3.8) is 0 Å². The molecule has 3 aromatic heterocycles. The minimum absolute atomic E-state index is 0.684. The SMILES string of the molecule is c1cc2nc(c1)CNCCCCOc1ccc(cc1)-c1ccc3ccc4ccc(nc4c3n1)-c1ccc(cc1)OCCCCNC2. The Kier molecular flexibility index (Phi) is 9.40. The van der Waals surface area contributed by atoms with E-state index in [1.54, 1.807) is 0 Å². The number of nitrogens with zero attached hydrogens (tertiary/aromatic N) is 3. The van der Waals surface area contributed by atoms with E-state index in [2.05, 4.69) is 89.5 Å². The summed E-state index contributed by atoms with van der Waals surface area (Å²) in [6, 6.07) is 35.3. The highest BCUT2D eigenvalue weighted by molar-refractivity contribution is 6.04. The van der Waals surface area contributed by atoms with Gasteiger partial charge in [0.05, 0.1) is 47.0 Å². The molecule has 0 atom stereocenters. The van der Waals surface area contributed by atoms with Gasteiger partial charge in [-0.3, -0.25) is 4.98 Å². The predicted octanol–water partition coefficient (Wildman–Crippen LogP) is 7.72. The van der Waals surface area contributed by atoms with Crippen LogP contribution in [0.25, 0.3) is 44.3 Å². The van der Waals surface area contributed by atoms with E-state index < -0.39 is 0 Å². The van der Waals surface area contributed by atoms with Gasteiger partial charge in [-0.15, -0.1) is 0 Å². The molecule has 0 radical (unpaired) electrons. The van der Waals surface area contributed by atoms with E-state index in [0.29, 0.717) is 13.2 Å². The van der Waals surface area contributed by atoms with E-state index in [-0.39, 0.29) is 0 Å². The molecule has 3 aromatic carbocycles. The number of hydrogen-bond donors (Lipinski definition) is 2. The van der Waals surface area contributed by atoms with Crippen LogP contribution in [0.1, 0.15) is 37.1 Å². The van der Waals surface area contributed by atoms with Crippen LogP contribution in [0, 0.1) is 0 Å². The molecule has 6 heterocycles. The molecule has 46 heavy (non-hydrogen) atoms. The Morgan fingerprint density at radius 1 is 0.457 bits per heavy atom. The second kappa shape index (κ2) is 14.5. The number of benzene rings is 3. The summed E-state index contributed by atoms with van der Waals surface area (Å²) in [4.78, 5) is 15.0. The quantitative estimate of drug-likeness (QED) is 0.171. The van der Waals surface area contributed by atoms with Crippen molar-refractivity contribution in [3.8, 4) is 34.0 Å². The van der Waals surface area contributed by atoms with Crippen molar-refractivity contribution in [2.45, 2.75) is 38.8 Å². The Hall–Kier alpha value is -4.85. The zero-order valence-electron chi connectivity index (χ0n) is 26.0. The van der Waals surface area contributed by atoms with Gasteiger partial charge in [-0.1, -0.05) is 30.3 Å². The fraction of sp³-hybridized carbons (Fsp3) is 0.256. The Morgan fingerprint density at radius 3 is 1.39 bits per heavy atom. The molecule has 0 unspecified atom stereocenters. The normalized spacial score (nSPS) is 15.1. The molecule has 0 amide bonds. The van der Waals surface area contributed by atoms with Crippen molar-refractivity contribution >= 4 is 21.8 Å². The van der Waals surface area contributed by atoms with E-state index in [1.807, 2.05) is 24.3 Å². The summed E-state index contributed by atoms with van der Waals surface area (Å²) >= 11 is 0. The van der Waals surface area contributed by atoms with Gasteiger partial charge in [0.25, 0.3) is 0 Å². The second-order valence-electron chi connectivity index (χ2n) is 11.7. The molecule has 0 saturated heterocycles. The highest BCUT2D eigenvalue weighted by Gasteiger charge is 2.10. The number of hydrogen-bond acceptors (Lipinski definition) is 7. The lowest BCUT2D eigenvalue weighted by atomic mass is 10.1. The predicted molar refractivity (Wildman–Crippen MR) is 185 cm³/mol. The molecule has 0 fully saturated rings. The summed E-state index contributed by atoms with van der Waals surface area (Å²) in [7, 11) is 0. The topological polar surface area (TPSA) is 81.2 Å². The summed E-state index contributed by atoms with van der Waals surface area (Å²) in [5, 5.41) is 9.18. The Morgan fingerprint density at radius 2 is 0.913 bits per heavy atom.